The molecule has 1 aliphatic heterocycles. The van der Waals surface area contributed by atoms with Crippen molar-refractivity contribution in [2.75, 3.05) is 19.0 Å². The standard InChI is InChI=1S/C18H19ClN4O/c1-11-7-14-16(8-17(11)24-2)21-9-12(10-22-20)23-18(14)13-5-3-4-6-15(13)19/h3-8,10,21-22H,9,20H2,1-2H3/b12-10+. The normalized spacial score (nSPS) is 15.2. The number of aliphatic imine (C=N–C) groups is 1. The Bertz CT molecular complexity index is 830. The summed E-state index contributed by atoms with van der Waals surface area (Å²) in [6.45, 7) is 2.55. The number of fused-ring (bicyclic) bond motifs is 1. The van der Waals surface area contributed by atoms with Crippen LogP contribution in [0.5, 0.6) is 5.75 Å². The minimum absolute atomic E-state index is 0.539. The summed E-state index contributed by atoms with van der Waals surface area (Å²) < 4.78 is 5.44. The third kappa shape index (κ3) is 3.09. The number of anilines is 1. The summed E-state index contributed by atoms with van der Waals surface area (Å²) in [6.07, 6.45) is 1.67. The fourth-order valence-electron chi connectivity index (χ4n) is 2.72. The first kappa shape index (κ1) is 16.4. The van der Waals surface area contributed by atoms with Gasteiger partial charge >= 0.3 is 0 Å². The van der Waals surface area contributed by atoms with Crippen molar-refractivity contribution in [1.29, 1.82) is 0 Å². The summed E-state index contributed by atoms with van der Waals surface area (Å²) in [6, 6.07) is 11.7. The van der Waals surface area contributed by atoms with Gasteiger partial charge in [-0.25, -0.2) is 4.99 Å². The molecule has 0 aromatic heterocycles. The second-order valence-electron chi connectivity index (χ2n) is 5.46. The summed E-state index contributed by atoms with van der Waals surface area (Å²) in [5.74, 6) is 6.25. The maximum atomic E-state index is 6.41. The Labute approximate surface area is 146 Å². The smallest absolute Gasteiger partial charge is 0.123 e. The molecule has 0 unspecified atom stereocenters. The van der Waals surface area contributed by atoms with Crippen LogP contribution in [0, 0.1) is 6.92 Å². The number of rotatable bonds is 3. The minimum atomic E-state index is 0.539. The van der Waals surface area contributed by atoms with E-state index in [2.05, 4.69) is 16.8 Å². The molecule has 2 aromatic rings. The summed E-state index contributed by atoms with van der Waals surface area (Å²) in [5.41, 5.74) is 7.94. The number of benzene rings is 2. The van der Waals surface area contributed by atoms with Crippen molar-refractivity contribution in [2.24, 2.45) is 10.8 Å². The predicted octanol–water partition coefficient (Wildman–Crippen LogP) is 3.22. The molecule has 0 fully saturated rings. The molecule has 0 saturated heterocycles. The van der Waals surface area contributed by atoms with Crippen molar-refractivity contribution in [2.45, 2.75) is 6.92 Å². The van der Waals surface area contributed by atoms with Crippen LogP contribution >= 0.6 is 11.6 Å². The molecule has 0 saturated carbocycles. The molecule has 0 atom stereocenters. The highest BCUT2D eigenvalue weighted by Gasteiger charge is 2.20. The van der Waals surface area contributed by atoms with E-state index in [1.165, 1.54) is 0 Å². The topological polar surface area (TPSA) is 71.7 Å². The lowest BCUT2D eigenvalue weighted by Gasteiger charge is -2.15. The second kappa shape index (κ2) is 6.95. The molecule has 6 heteroatoms. The van der Waals surface area contributed by atoms with E-state index in [9.17, 15) is 0 Å². The van der Waals surface area contributed by atoms with Crippen LogP contribution in [0.4, 0.5) is 5.69 Å². The number of halogens is 1. The molecule has 3 rings (SSSR count). The zero-order valence-corrected chi connectivity index (χ0v) is 14.3. The number of nitrogens with zero attached hydrogens (tertiary/aromatic N) is 1. The van der Waals surface area contributed by atoms with E-state index >= 15 is 0 Å². The summed E-state index contributed by atoms with van der Waals surface area (Å²) in [5, 5.41) is 4.03. The van der Waals surface area contributed by atoms with Gasteiger partial charge in [-0.1, -0.05) is 29.8 Å². The van der Waals surface area contributed by atoms with Crippen LogP contribution in [0.2, 0.25) is 5.02 Å². The zero-order chi connectivity index (χ0) is 17.1. The lowest BCUT2D eigenvalue weighted by molar-refractivity contribution is 0.412. The summed E-state index contributed by atoms with van der Waals surface area (Å²) in [7, 11) is 1.66. The Hall–Kier alpha value is -2.50. The van der Waals surface area contributed by atoms with Crippen molar-refractivity contribution >= 4 is 23.0 Å². The molecule has 0 amide bonds. The van der Waals surface area contributed by atoms with Crippen LogP contribution in [-0.2, 0) is 0 Å². The summed E-state index contributed by atoms with van der Waals surface area (Å²) in [4.78, 5) is 4.78. The highest BCUT2D eigenvalue weighted by molar-refractivity contribution is 6.36. The zero-order valence-electron chi connectivity index (χ0n) is 13.6. The fraction of sp³-hybridized carbons (Fsp3) is 0.167. The van der Waals surface area contributed by atoms with Crippen LogP contribution in [0.1, 0.15) is 16.7 Å². The number of methoxy groups -OCH3 is 1. The highest BCUT2D eigenvalue weighted by atomic mass is 35.5. The Morgan fingerprint density at radius 1 is 1.29 bits per heavy atom. The molecule has 5 nitrogen and oxygen atoms in total. The third-order valence-corrected chi connectivity index (χ3v) is 4.21. The van der Waals surface area contributed by atoms with Crippen molar-refractivity contribution in [3.8, 4) is 5.75 Å². The quantitative estimate of drug-likeness (QED) is 0.591. The van der Waals surface area contributed by atoms with E-state index in [0.29, 0.717) is 11.6 Å². The first-order valence-corrected chi connectivity index (χ1v) is 7.93. The number of aryl methyl sites for hydroxylation is 1. The van der Waals surface area contributed by atoms with E-state index in [4.69, 9.17) is 27.2 Å². The van der Waals surface area contributed by atoms with Crippen LogP contribution in [0.15, 0.2) is 53.3 Å². The van der Waals surface area contributed by atoms with Crippen LogP contribution < -0.4 is 21.3 Å². The number of benzodiazepines with no additional fused rings is 1. The van der Waals surface area contributed by atoms with Gasteiger partial charge in [0.1, 0.15) is 5.75 Å². The monoisotopic (exact) mass is 342 g/mol. The van der Waals surface area contributed by atoms with E-state index < -0.39 is 0 Å². The molecule has 24 heavy (non-hydrogen) atoms. The molecule has 0 radical (unpaired) electrons. The number of nitrogens with two attached hydrogens (primary N) is 1. The molecule has 1 aliphatic rings. The van der Waals surface area contributed by atoms with Gasteiger partial charge in [-0.3, -0.25) is 5.84 Å². The van der Waals surface area contributed by atoms with Crippen molar-refractivity contribution in [3.05, 3.63) is 70.0 Å². The highest BCUT2D eigenvalue weighted by Crippen LogP contribution is 2.32. The maximum absolute atomic E-state index is 6.41. The maximum Gasteiger partial charge on any atom is 0.123 e. The second-order valence-corrected chi connectivity index (χ2v) is 5.87. The Kier molecular flexibility index (Phi) is 4.74. The van der Waals surface area contributed by atoms with Gasteiger partial charge in [-0.2, -0.15) is 0 Å². The van der Waals surface area contributed by atoms with Gasteiger partial charge in [-0.05, 0) is 24.6 Å². The summed E-state index contributed by atoms with van der Waals surface area (Å²) >= 11 is 6.41. The third-order valence-electron chi connectivity index (χ3n) is 3.88. The van der Waals surface area contributed by atoms with Crippen LogP contribution in [-0.4, -0.2) is 19.4 Å². The lowest BCUT2D eigenvalue weighted by atomic mass is 9.98. The molecular weight excluding hydrogens is 324 g/mol. The van der Waals surface area contributed by atoms with Gasteiger partial charge < -0.3 is 15.5 Å². The van der Waals surface area contributed by atoms with Crippen molar-refractivity contribution in [1.82, 2.24) is 5.43 Å². The number of ether oxygens (including phenoxy) is 1. The number of hydrogen-bond donors (Lipinski definition) is 3. The average Bonchev–Trinajstić information content (AvgIpc) is 2.75. The minimum Gasteiger partial charge on any atom is -0.496 e. The predicted molar refractivity (Wildman–Crippen MR) is 98.7 cm³/mol. The van der Waals surface area contributed by atoms with Gasteiger partial charge in [0.15, 0.2) is 0 Å². The number of nitrogens with one attached hydrogen (secondary N) is 2. The SMILES string of the molecule is COc1cc2c(cc1C)C(c1ccccc1Cl)=N/C(=C/NN)CN2. The van der Waals surface area contributed by atoms with Gasteiger partial charge in [0, 0.05) is 34.1 Å². The molecule has 0 spiro atoms. The fourth-order valence-corrected chi connectivity index (χ4v) is 2.94. The number of hydrogen-bond acceptors (Lipinski definition) is 5. The first-order chi connectivity index (χ1) is 11.6. The van der Waals surface area contributed by atoms with Crippen molar-refractivity contribution in [3.63, 3.8) is 0 Å². The molecule has 1 heterocycles. The van der Waals surface area contributed by atoms with Crippen LogP contribution in [0.25, 0.3) is 0 Å². The van der Waals surface area contributed by atoms with Gasteiger partial charge in [0.25, 0.3) is 0 Å². The molecule has 2 aromatic carbocycles. The Morgan fingerprint density at radius 3 is 2.79 bits per heavy atom. The van der Waals surface area contributed by atoms with Gasteiger partial charge in [0.2, 0.25) is 0 Å². The Morgan fingerprint density at radius 2 is 2.08 bits per heavy atom. The molecular formula is C18H19ClN4O. The van der Waals surface area contributed by atoms with Gasteiger partial charge in [0.05, 0.1) is 25.1 Å². The van der Waals surface area contributed by atoms with E-state index in [-0.39, 0.29) is 0 Å². The molecule has 124 valence electrons. The lowest BCUT2D eigenvalue weighted by Crippen LogP contribution is -2.16. The first-order valence-electron chi connectivity index (χ1n) is 7.55. The number of hydrazine groups is 1. The average molecular weight is 343 g/mol. The van der Waals surface area contributed by atoms with E-state index in [1.807, 2.05) is 37.3 Å². The largest absolute Gasteiger partial charge is 0.496 e. The van der Waals surface area contributed by atoms with E-state index in [1.54, 1.807) is 13.3 Å². The molecule has 0 bridgehead atoms. The Balaban J connectivity index is 2.24. The van der Waals surface area contributed by atoms with Crippen molar-refractivity contribution < 1.29 is 4.74 Å². The molecule has 4 N–H and O–H groups in total. The molecule has 0 aliphatic carbocycles. The van der Waals surface area contributed by atoms with Gasteiger partial charge in [-0.15, -0.1) is 0 Å². The van der Waals surface area contributed by atoms with Crippen LogP contribution in [0.3, 0.4) is 0 Å². The van der Waals surface area contributed by atoms with E-state index in [0.717, 1.165) is 39.5 Å².